The normalized spacial score (nSPS) is 17.2. The zero-order valence-corrected chi connectivity index (χ0v) is 27.2. The highest BCUT2D eigenvalue weighted by atomic mass is 16.2. The van der Waals surface area contributed by atoms with Crippen molar-refractivity contribution in [1.82, 2.24) is 20.3 Å². The van der Waals surface area contributed by atoms with E-state index in [0.717, 1.165) is 58.9 Å². The number of ketones is 1. The summed E-state index contributed by atoms with van der Waals surface area (Å²) in [6.45, 7) is 4.87. The predicted molar refractivity (Wildman–Crippen MR) is 187 cm³/mol. The lowest BCUT2D eigenvalue weighted by molar-refractivity contribution is -0.122. The van der Waals surface area contributed by atoms with Gasteiger partial charge in [-0.25, -0.2) is 4.98 Å². The van der Waals surface area contributed by atoms with Crippen molar-refractivity contribution in [2.75, 3.05) is 30.9 Å². The van der Waals surface area contributed by atoms with E-state index in [0.29, 0.717) is 29.9 Å². The van der Waals surface area contributed by atoms with Gasteiger partial charge in [0, 0.05) is 61.2 Å². The molecule has 0 radical (unpaired) electrons. The zero-order chi connectivity index (χ0) is 32.2. The first-order valence-corrected chi connectivity index (χ1v) is 16.4. The molecule has 1 aliphatic rings. The van der Waals surface area contributed by atoms with Crippen LogP contribution in [-0.2, 0) is 4.79 Å². The van der Waals surface area contributed by atoms with E-state index in [-0.39, 0.29) is 24.2 Å². The van der Waals surface area contributed by atoms with Gasteiger partial charge in [-0.15, -0.1) is 0 Å². The summed E-state index contributed by atoms with van der Waals surface area (Å²) in [7, 11) is 4.00. The quantitative estimate of drug-likeness (QED) is 0.133. The van der Waals surface area contributed by atoms with Crippen molar-refractivity contribution < 1.29 is 9.59 Å². The molecule has 46 heavy (non-hydrogen) atoms. The molecule has 3 N–H and O–H groups in total. The number of benzene rings is 3. The Hall–Kier alpha value is -4.72. The smallest absolute Gasteiger partial charge is 0.228 e. The molecular weight excluding hydrogens is 572 g/mol. The van der Waals surface area contributed by atoms with Gasteiger partial charge >= 0.3 is 0 Å². The molecule has 238 valence electrons. The van der Waals surface area contributed by atoms with Crippen LogP contribution in [-0.4, -0.2) is 53.3 Å². The van der Waals surface area contributed by atoms with Crippen LogP contribution in [0.5, 0.6) is 0 Å². The highest BCUT2D eigenvalue weighted by Gasteiger charge is 2.29. The molecule has 5 aromatic rings. The van der Waals surface area contributed by atoms with Gasteiger partial charge in [-0.2, -0.15) is 4.98 Å². The standard InChI is InChI=1S/C38H44N6O2/c1-24(2)26-15-17-27(18-16-26)35(45)21-31(32-23-39-33-11-7-5-9-29(32)33)37(46)40-22-25-13-19-28(20-14-25)41-38-42-34-12-8-6-10-30(34)36(43-38)44(3)4/h5-12,15-18,23-25,28,31,39H,13-14,19-22H2,1-4H3,(H,40,46)(H,41,42,43)/t25-,28+,31?. The van der Waals surface area contributed by atoms with Gasteiger partial charge in [0.1, 0.15) is 5.82 Å². The first-order chi connectivity index (χ1) is 22.3. The second-order valence-corrected chi connectivity index (χ2v) is 13.1. The highest BCUT2D eigenvalue weighted by Crippen LogP contribution is 2.31. The van der Waals surface area contributed by atoms with Gasteiger partial charge in [-0.3, -0.25) is 9.59 Å². The van der Waals surface area contributed by atoms with Gasteiger partial charge < -0.3 is 20.5 Å². The van der Waals surface area contributed by atoms with Crippen molar-refractivity contribution in [1.29, 1.82) is 0 Å². The van der Waals surface area contributed by atoms with Crippen molar-refractivity contribution >= 4 is 45.3 Å². The van der Waals surface area contributed by atoms with Gasteiger partial charge in [-0.05, 0) is 66.8 Å². The Morgan fingerprint density at radius 3 is 2.30 bits per heavy atom. The average Bonchev–Trinajstić information content (AvgIpc) is 3.50. The molecule has 2 aromatic heterocycles. The molecule has 0 saturated heterocycles. The summed E-state index contributed by atoms with van der Waals surface area (Å²) in [5.74, 6) is 1.62. The Bertz CT molecular complexity index is 1820. The maximum absolute atomic E-state index is 13.8. The first-order valence-electron chi connectivity index (χ1n) is 16.4. The van der Waals surface area contributed by atoms with Crippen LogP contribution in [0.2, 0.25) is 0 Å². The van der Waals surface area contributed by atoms with Crippen molar-refractivity contribution in [3.8, 4) is 0 Å². The molecule has 1 unspecified atom stereocenters. The van der Waals surface area contributed by atoms with Gasteiger partial charge in [0.25, 0.3) is 0 Å². The fraction of sp³-hybridized carbons (Fsp3) is 0.368. The molecule has 0 aliphatic heterocycles. The molecule has 1 aliphatic carbocycles. The van der Waals surface area contributed by atoms with Crippen molar-refractivity contribution in [3.63, 3.8) is 0 Å². The van der Waals surface area contributed by atoms with Gasteiger partial charge in [0.05, 0.1) is 11.4 Å². The lowest BCUT2D eigenvalue weighted by Gasteiger charge is -2.30. The number of hydrogen-bond donors (Lipinski definition) is 3. The molecule has 0 bridgehead atoms. The number of nitrogens with one attached hydrogen (secondary N) is 3. The molecule has 1 amide bonds. The Morgan fingerprint density at radius 2 is 1.59 bits per heavy atom. The van der Waals surface area contributed by atoms with E-state index in [4.69, 9.17) is 9.97 Å². The number of Topliss-reactive ketones (excluding diaryl/α,β-unsaturated/α-hetero) is 1. The topological polar surface area (TPSA) is 103 Å². The minimum absolute atomic E-state index is 0.0272. The van der Waals surface area contributed by atoms with Crippen molar-refractivity contribution in [3.05, 3.63) is 95.7 Å². The average molecular weight is 617 g/mol. The van der Waals surface area contributed by atoms with Crippen LogP contribution in [0, 0.1) is 5.92 Å². The SMILES string of the molecule is CC(C)c1ccc(C(=O)CC(C(=O)NC[C@H]2CC[C@@H](Nc3nc(N(C)C)c4ccccc4n3)CC2)c2c[nH]c3ccccc23)cc1. The number of nitrogens with zero attached hydrogens (tertiary/aromatic N) is 3. The molecule has 2 heterocycles. The number of para-hydroxylation sites is 2. The number of carbonyl (C=O) groups is 2. The molecule has 1 atom stereocenters. The molecule has 8 nitrogen and oxygen atoms in total. The minimum Gasteiger partial charge on any atom is -0.362 e. The number of fused-ring (bicyclic) bond motifs is 2. The Labute approximate surface area is 271 Å². The fourth-order valence-corrected chi connectivity index (χ4v) is 6.61. The van der Waals surface area contributed by atoms with Crippen LogP contribution in [0.25, 0.3) is 21.8 Å². The summed E-state index contributed by atoms with van der Waals surface area (Å²) in [6, 6.07) is 24.1. The summed E-state index contributed by atoms with van der Waals surface area (Å²) < 4.78 is 0. The third-order valence-corrected chi connectivity index (χ3v) is 9.35. The third-order valence-electron chi connectivity index (χ3n) is 9.35. The maximum Gasteiger partial charge on any atom is 0.228 e. The van der Waals surface area contributed by atoms with E-state index in [1.54, 1.807) is 0 Å². The lowest BCUT2D eigenvalue weighted by atomic mass is 9.85. The Balaban J connectivity index is 1.09. The zero-order valence-electron chi connectivity index (χ0n) is 27.2. The lowest BCUT2D eigenvalue weighted by Crippen LogP contribution is -2.37. The summed E-state index contributed by atoms with van der Waals surface area (Å²) in [5, 5.41) is 8.83. The number of H-pyrrole nitrogens is 1. The van der Waals surface area contributed by atoms with E-state index in [1.807, 2.05) is 91.9 Å². The van der Waals surface area contributed by atoms with E-state index < -0.39 is 5.92 Å². The molecular formula is C38H44N6O2. The summed E-state index contributed by atoms with van der Waals surface area (Å²) in [5.41, 5.74) is 4.58. The molecule has 3 aromatic carbocycles. The monoisotopic (exact) mass is 616 g/mol. The van der Waals surface area contributed by atoms with Crippen LogP contribution < -0.4 is 15.5 Å². The largest absolute Gasteiger partial charge is 0.362 e. The Morgan fingerprint density at radius 1 is 0.891 bits per heavy atom. The summed E-state index contributed by atoms with van der Waals surface area (Å²) >= 11 is 0. The molecule has 8 heteroatoms. The van der Waals surface area contributed by atoms with E-state index in [1.165, 1.54) is 5.56 Å². The van der Waals surface area contributed by atoms with Crippen LogP contribution in [0.15, 0.2) is 79.0 Å². The van der Waals surface area contributed by atoms with Crippen molar-refractivity contribution in [2.45, 2.75) is 63.8 Å². The number of aromatic nitrogens is 3. The molecule has 1 fully saturated rings. The van der Waals surface area contributed by atoms with E-state index >= 15 is 0 Å². The second kappa shape index (κ2) is 13.7. The van der Waals surface area contributed by atoms with Crippen LogP contribution >= 0.6 is 0 Å². The molecule has 1 saturated carbocycles. The predicted octanol–water partition coefficient (Wildman–Crippen LogP) is 7.44. The van der Waals surface area contributed by atoms with Crippen LogP contribution in [0.4, 0.5) is 11.8 Å². The highest BCUT2D eigenvalue weighted by molar-refractivity contribution is 6.01. The van der Waals surface area contributed by atoms with E-state index in [9.17, 15) is 9.59 Å². The number of carbonyl (C=O) groups excluding carboxylic acids is 2. The van der Waals surface area contributed by atoms with Crippen LogP contribution in [0.1, 0.15) is 79.3 Å². The first kappa shape index (κ1) is 31.3. The third kappa shape index (κ3) is 6.91. The second-order valence-electron chi connectivity index (χ2n) is 13.1. The number of amides is 1. The number of rotatable bonds is 11. The number of aromatic amines is 1. The van der Waals surface area contributed by atoms with Crippen LogP contribution in [0.3, 0.4) is 0 Å². The maximum atomic E-state index is 13.8. The number of hydrogen-bond acceptors (Lipinski definition) is 6. The fourth-order valence-electron chi connectivity index (χ4n) is 6.61. The Kier molecular flexibility index (Phi) is 9.33. The van der Waals surface area contributed by atoms with Gasteiger partial charge in [0.15, 0.2) is 5.78 Å². The summed E-state index contributed by atoms with van der Waals surface area (Å²) in [6.07, 6.45) is 5.94. The van der Waals surface area contributed by atoms with E-state index in [2.05, 4.69) is 35.5 Å². The van der Waals surface area contributed by atoms with Gasteiger partial charge in [-0.1, -0.05) is 68.4 Å². The number of anilines is 2. The minimum atomic E-state index is -0.581. The summed E-state index contributed by atoms with van der Waals surface area (Å²) in [4.78, 5) is 42.2. The molecule has 0 spiro atoms. The van der Waals surface area contributed by atoms with Gasteiger partial charge in [0.2, 0.25) is 11.9 Å². The molecule has 6 rings (SSSR count). The van der Waals surface area contributed by atoms with Crippen molar-refractivity contribution in [2.24, 2.45) is 5.92 Å².